The third-order valence-electron chi connectivity index (χ3n) is 2.84. The van der Waals surface area contributed by atoms with Crippen LogP contribution < -0.4 is 0 Å². The molecule has 3 nitrogen and oxygen atoms in total. The van der Waals surface area contributed by atoms with E-state index in [1.165, 1.54) is 44.9 Å². The second-order valence-corrected chi connectivity index (χ2v) is 4.52. The van der Waals surface area contributed by atoms with Crippen molar-refractivity contribution in [2.24, 2.45) is 0 Å². The minimum absolute atomic E-state index is 0.0799. The van der Waals surface area contributed by atoms with Gasteiger partial charge in [-0.15, -0.1) is 0 Å². The number of ether oxygens (including phenoxy) is 1. The van der Waals surface area contributed by atoms with Crippen LogP contribution in [0.2, 0.25) is 0 Å². The molecule has 0 radical (unpaired) electrons. The van der Waals surface area contributed by atoms with Crippen molar-refractivity contribution < 1.29 is 14.6 Å². The number of unbranched alkanes of at least 4 members (excludes halogenated alkanes) is 8. The fourth-order valence-electron chi connectivity index (χ4n) is 1.81. The van der Waals surface area contributed by atoms with Crippen LogP contribution in [0.3, 0.4) is 0 Å². The third kappa shape index (κ3) is 13.4. The number of rotatable bonds is 12. The van der Waals surface area contributed by atoms with Gasteiger partial charge in [-0.3, -0.25) is 4.79 Å². The number of aliphatic hydroxyl groups excluding tert-OH is 1. The number of aliphatic hydroxyl groups is 1. The van der Waals surface area contributed by atoms with Crippen LogP contribution in [0.15, 0.2) is 0 Å². The van der Waals surface area contributed by atoms with Crippen molar-refractivity contribution in [2.75, 3.05) is 13.2 Å². The average molecular weight is 244 g/mol. The quantitative estimate of drug-likeness (QED) is 0.422. The summed E-state index contributed by atoms with van der Waals surface area (Å²) >= 11 is 0. The van der Waals surface area contributed by atoms with Gasteiger partial charge >= 0.3 is 5.97 Å². The molecular weight excluding hydrogens is 216 g/mol. The first kappa shape index (κ1) is 16.4. The fourth-order valence-corrected chi connectivity index (χ4v) is 1.81. The summed E-state index contributed by atoms with van der Waals surface area (Å²) in [6.07, 6.45) is 11.7. The fraction of sp³-hybridized carbons (Fsp3) is 0.929. The standard InChI is InChI=1S/C14H28O3/c1-2-3-4-5-6-7-8-9-10-11-14(16)17-13-12-15/h15H,2-13H2,1H3. The molecule has 1 N–H and O–H groups in total. The molecule has 0 atom stereocenters. The molecule has 0 aliphatic rings. The van der Waals surface area contributed by atoms with Gasteiger partial charge < -0.3 is 9.84 Å². The van der Waals surface area contributed by atoms with Gasteiger partial charge in [0.25, 0.3) is 0 Å². The maximum atomic E-state index is 11.1. The summed E-state index contributed by atoms with van der Waals surface area (Å²) in [4.78, 5) is 11.1. The Labute approximate surface area is 106 Å². The molecule has 0 bridgehead atoms. The van der Waals surface area contributed by atoms with Gasteiger partial charge in [-0.2, -0.15) is 0 Å². The second-order valence-electron chi connectivity index (χ2n) is 4.52. The van der Waals surface area contributed by atoms with Crippen LogP contribution >= 0.6 is 0 Å². The normalized spacial score (nSPS) is 10.5. The van der Waals surface area contributed by atoms with E-state index < -0.39 is 0 Å². The van der Waals surface area contributed by atoms with Gasteiger partial charge in [-0.05, 0) is 6.42 Å². The summed E-state index contributed by atoms with van der Waals surface area (Å²) < 4.78 is 4.77. The average Bonchev–Trinajstić information content (AvgIpc) is 2.34. The van der Waals surface area contributed by atoms with Gasteiger partial charge in [0.1, 0.15) is 6.61 Å². The van der Waals surface area contributed by atoms with Crippen LogP contribution in [0, 0.1) is 0 Å². The lowest BCUT2D eigenvalue weighted by molar-refractivity contribution is -0.144. The van der Waals surface area contributed by atoms with E-state index in [1.807, 2.05) is 0 Å². The summed E-state index contributed by atoms with van der Waals surface area (Å²) in [6.45, 7) is 2.29. The lowest BCUT2D eigenvalue weighted by Gasteiger charge is -2.03. The zero-order valence-electron chi connectivity index (χ0n) is 11.2. The summed E-state index contributed by atoms with van der Waals surface area (Å²) in [5.41, 5.74) is 0. The SMILES string of the molecule is CCCCCCCCCCCC(=O)OCCO. The molecule has 0 aliphatic heterocycles. The third-order valence-corrected chi connectivity index (χ3v) is 2.84. The molecule has 0 aromatic rings. The van der Waals surface area contributed by atoms with Crippen molar-refractivity contribution in [3.05, 3.63) is 0 Å². The zero-order chi connectivity index (χ0) is 12.8. The molecule has 102 valence electrons. The largest absolute Gasteiger partial charge is 0.463 e. The number of hydrogen-bond donors (Lipinski definition) is 1. The van der Waals surface area contributed by atoms with Crippen LogP contribution in [-0.4, -0.2) is 24.3 Å². The lowest BCUT2D eigenvalue weighted by atomic mass is 10.1. The van der Waals surface area contributed by atoms with Gasteiger partial charge in [-0.25, -0.2) is 0 Å². The number of esters is 1. The summed E-state index contributed by atoms with van der Waals surface area (Å²) in [6, 6.07) is 0. The lowest BCUT2D eigenvalue weighted by Crippen LogP contribution is -2.07. The monoisotopic (exact) mass is 244 g/mol. The van der Waals surface area contributed by atoms with Crippen molar-refractivity contribution in [2.45, 2.75) is 71.1 Å². The van der Waals surface area contributed by atoms with E-state index in [0.29, 0.717) is 6.42 Å². The maximum absolute atomic E-state index is 11.1. The maximum Gasteiger partial charge on any atom is 0.305 e. The van der Waals surface area contributed by atoms with Crippen LogP contribution in [0.25, 0.3) is 0 Å². The van der Waals surface area contributed by atoms with Gasteiger partial charge in [0, 0.05) is 6.42 Å². The highest BCUT2D eigenvalue weighted by molar-refractivity contribution is 5.69. The molecule has 0 saturated heterocycles. The van der Waals surface area contributed by atoms with Crippen LogP contribution in [0.4, 0.5) is 0 Å². The molecule has 0 aromatic carbocycles. The van der Waals surface area contributed by atoms with E-state index in [-0.39, 0.29) is 19.2 Å². The van der Waals surface area contributed by atoms with Gasteiger partial charge in [0.05, 0.1) is 6.61 Å². The molecule has 3 heteroatoms. The molecule has 0 saturated carbocycles. The van der Waals surface area contributed by atoms with Crippen molar-refractivity contribution in [1.82, 2.24) is 0 Å². The Balaban J connectivity index is 3.05. The Morgan fingerprint density at radius 2 is 1.47 bits per heavy atom. The van der Waals surface area contributed by atoms with Gasteiger partial charge in [0.15, 0.2) is 0 Å². The van der Waals surface area contributed by atoms with Crippen LogP contribution in [0.5, 0.6) is 0 Å². The number of carbonyl (C=O) groups is 1. The molecule has 0 aliphatic carbocycles. The Kier molecular flexibility index (Phi) is 13.0. The molecule has 0 rings (SSSR count). The molecular formula is C14H28O3. The van der Waals surface area contributed by atoms with E-state index in [9.17, 15) is 4.79 Å². The first-order valence-electron chi connectivity index (χ1n) is 7.07. The van der Waals surface area contributed by atoms with Gasteiger partial charge in [0.2, 0.25) is 0 Å². The van der Waals surface area contributed by atoms with Crippen molar-refractivity contribution in [3.8, 4) is 0 Å². The van der Waals surface area contributed by atoms with E-state index in [1.54, 1.807) is 0 Å². The van der Waals surface area contributed by atoms with E-state index >= 15 is 0 Å². The first-order valence-corrected chi connectivity index (χ1v) is 7.07. The van der Waals surface area contributed by atoms with Gasteiger partial charge in [-0.1, -0.05) is 58.3 Å². The van der Waals surface area contributed by atoms with Crippen LogP contribution in [-0.2, 0) is 9.53 Å². The predicted octanol–water partition coefficient (Wildman–Crippen LogP) is 3.44. The summed E-state index contributed by atoms with van der Waals surface area (Å²) in [7, 11) is 0. The minimum atomic E-state index is -0.179. The smallest absolute Gasteiger partial charge is 0.305 e. The minimum Gasteiger partial charge on any atom is -0.463 e. The Bertz CT molecular complexity index is 169. The molecule has 0 aromatic heterocycles. The highest BCUT2D eigenvalue weighted by Crippen LogP contribution is 2.10. The Hall–Kier alpha value is -0.570. The molecule has 0 unspecified atom stereocenters. The molecule has 0 amide bonds. The van der Waals surface area contributed by atoms with Crippen LogP contribution in [0.1, 0.15) is 71.1 Å². The number of carbonyl (C=O) groups excluding carboxylic acids is 1. The van der Waals surface area contributed by atoms with E-state index in [0.717, 1.165) is 12.8 Å². The Morgan fingerprint density at radius 1 is 0.941 bits per heavy atom. The van der Waals surface area contributed by atoms with Crippen molar-refractivity contribution >= 4 is 5.97 Å². The summed E-state index contributed by atoms with van der Waals surface area (Å²) in [5, 5.41) is 8.47. The topological polar surface area (TPSA) is 46.5 Å². The molecule has 0 spiro atoms. The van der Waals surface area contributed by atoms with Crippen molar-refractivity contribution in [1.29, 1.82) is 0 Å². The Morgan fingerprint density at radius 3 is 2.00 bits per heavy atom. The molecule has 0 heterocycles. The number of hydrogen-bond acceptors (Lipinski definition) is 3. The molecule has 17 heavy (non-hydrogen) atoms. The van der Waals surface area contributed by atoms with E-state index in [2.05, 4.69) is 6.92 Å². The highest BCUT2D eigenvalue weighted by atomic mass is 16.5. The van der Waals surface area contributed by atoms with Crippen molar-refractivity contribution in [3.63, 3.8) is 0 Å². The highest BCUT2D eigenvalue weighted by Gasteiger charge is 2.01. The zero-order valence-corrected chi connectivity index (χ0v) is 11.2. The molecule has 0 fully saturated rings. The predicted molar refractivity (Wildman–Crippen MR) is 69.9 cm³/mol. The summed E-state index contributed by atoms with van der Waals surface area (Å²) in [5.74, 6) is -0.179. The second kappa shape index (κ2) is 13.5. The first-order chi connectivity index (χ1) is 8.31. The van der Waals surface area contributed by atoms with E-state index in [4.69, 9.17) is 9.84 Å².